The molecule has 0 aromatic rings. The highest BCUT2D eigenvalue weighted by Gasteiger charge is 2.13. The third kappa shape index (κ3) is 4.14. The van der Waals surface area contributed by atoms with Crippen LogP contribution in [0.5, 0.6) is 0 Å². The highest BCUT2D eigenvalue weighted by molar-refractivity contribution is 8.02. The monoisotopic (exact) mass is 243 g/mol. The van der Waals surface area contributed by atoms with E-state index < -0.39 is 0 Å². The van der Waals surface area contributed by atoms with Gasteiger partial charge < -0.3 is 5.32 Å². The van der Waals surface area contributed by atoms with Crippen molar-refractivity contribution in [2.45, 2.75) is 20.3 Å². The van der Waals surface area contributed by atoms with Crippen LogP contribution >= 0.6 is 23.4 Å². The molecular formula is C11H14ClNOS. The molecule has 1 heterocycles. The summed E-state index contributed by atoms with van der Waals surface area (Å²) in [5.41, 5.74) is 1.62. The van der Waals surface area contributed by atoms with Crippen LogP contribution in [0.25, 0.3) is 0 Å². The first-order chi connectivity index (χ1) is 7.13. The lowest BCUT2D eigenvalue weighted by Crippen LogP contribution is -2.22. The Morgan fingerprint density at radius 2 is 2.40 bits per heavy atom. The molecule has 15 heavy (non-hydrogen) atoms. The van der Waals surface area contributed by atoms with Gasteiger partial charge in [0.05, 0.1) is 0 Å². The lowest BCUT2D eigenvalue weighted by molar-refractivity contribution is -0.116. The maximum atomic E-state index is 11.6. The fraction of sp³-hybridized carbons (Fsp3) is 0.364. The van der Waals surface area contributed by atoms with E-state index in [-0.39, 0.29) is 5.91 Å². The van der Waals surface area contributed by atoms with Crippen molar-refractivity contribution < 1.29 is 4.79 Å². The summed E-state index contributed by atoms with van der Waals surface area (Å²) in [6.07, 6.45) is 4.37. The molecule has 0 fully saturated rings. The zero-order valence-corrected chi connectivity index (χ0v) is 10.4. The van der Waals surface area contributed by atoms with Crippen LogP contribution in [0.2, 0.25) is 0 Å². The van der Waals surface area contributed by atoms with Crippen molar-refractivity contribution in [3.63, 3.8) is 0 Å². The first kappa shape index (κ1) is 12.4. The zero-order valence-electron chi connectivity index (χ0n) is 8.84. The number of hydrogen-bond donors (Lipinski definition) is 1. The number of allylic oxidation sites excluding steroid dienone is 4. The van der Waals surface area contributed by atoms with Gasteiger partial charge in [-0.25, -0.2) is 0 Å². The number of carbonyl (C=O) groups is 1. The molecule has 0 aromatic carbocycles. The quantitative estimate of drug-likeness (QED) is 0.772. The highest BCUT2D eigenvalue weighted by atomic mass is 35.5. The molecule has 0 spiro atoms. The number of rotatable bonds is 3. The predicted octanol–water partition coefficient (Wildman–Crippen LogP) is 3.17. The van der Waals surface area contributed by atoms with Crippen LogP contribution in [0.4, 0.5) is 0 Å². The van der Waals surface area contributed by atoms with Crippen LogP contribution in [0.15, 0.2) is 33.9 Å². The van der Waals surface area contributed by atoms with Gasteiger partial charge in [0, 0.05) is 22.1 Å². The van der Waals surface area contributed by atoms with Gasteiger partial charge in [0.1, 0.15) is 0 Å². The lowest BCUT2D eigenvalue weighted by atomic mass is 10.2. The van der Waals surface area contributed by atoms with Crippen molar-refractivity contribution >= 4 is 29.3 Å². The largest absolute Gasteiger partial charge is 0.326 e. The summed E-state index contributed by atoms with van der Waals surface area (Å²) < 4.78 is 0. The van der Waals surface area contributed by atoms with Gasteiger partial charge in [-0.05, 0) is 31.8 Å². The Bertz CT molecular complexity index is 344. The molecule has 0 unspecified atom stereocenters. The molecule has 1 rings (SSSR count). The molecule has 0 bridgehead atoms. The van der Waals surface area contributed by atoms with Gasteiger partial charge in [-0.15, -0.1) is 11.8 Å². The van der Waals surface area contributed by atoms with Crippen LogP contribution in [0.1, 0.15) is 20.3 Å². The second kappa shape index (κ2) is 6.03. The molecule has 0 saturated heterocycles. The molecule has 1 amide bonds. The van der Waals surface area contributed by atoms with E-state index in [9.17, 15) is 4.79 Å². The summed E-state index contributed by atoms with van der Waals surface area (Å²) >= 11 is 7.49. The summed E-state index contributed by atoms with van der Waals surface area (Å²) in [7, 11) is 0. The van der Waals surface area contributed by atoms with Crippen molar-refractivity contribution in [2.75, 3.05) is 5.75 Å². The third-order valence-corrected chi connectivity index (χ3v) is 3.17. The number of carbonyl (C=O) groups excluding carboxylic acids is 1. The van der Waals surface area contributed by atoms with E-state index in [4.69, 9.17) is 11.6 Å². The topological polar surface area (TPSA) is 29.1 Å². The number of thioether (sulfide) groups is 1. The van der Waals surface area contributed by atoms with Crippen LogP contribution in [-0.2, 0) is 4.79 Å². The van der Waals surface area contributed by atoms with E-state index in [1.54, 1.807) is 23.9 Å². The van der Waals surface area contributed by atoms with Crippen LogP contribution in [0, 0.1) is 0 Å². The second-order valence-electron chi connectivity index (χ2n) is 3.22. The first-order valence-electron chi connectivity index (χ1n) is 4.75. The minimum atomic E-state index is -0.0191. The van der Waals surface area contributed by atoms with Crippen molar-refractivity contribution in [3.8, 4) is 0 Å². The molecule has 0 saturated carbocycles. The summed E-state index contributed by atoms with van der Waals surface area (Å²) in [5.74, 6) is 0.982. The minimum absolute atomic E-state index is 0.0191. The fourth-order valence-electron chi connectivity index (χ4n) is 1.14. The fourth-order valence-corrected chi connectivity index (χ4v) is 2.19. The Morgan fingerprint density at radius 1 is 1.67 bits per heavy atom. The van der Waals surface area contributed by atoms with Crippen molar-refractivity contribution in [2.24, 2.45) is 0 Å². The average molecular weight is 244 g/mol. The van der Waals surface area contributed by atoms with E-state index in [1.807, 2.05) is 19.3 Å². The second-order valence-corrected chi connectivity index (χ2v) is 4.63. The van der Waals surface area contributed by atoms with E-state index in [2.05, 4.69) is 5.32 Å². The van der Waals surface area contributed by atoms with Gasteiger partial charge in [0.25, 0.3) is 5.91 Å². The molecule has 0 atom stereocenters. The smallest absolute Gasteiger partial charge is 0.251 e. The zero-order chi connectivity index (χ0) is 11.3. The maximum absolute atomic E-state index is 11.6. The van der Waals surface area contributed by atoms with Crippen LogP contribution in [-0.4, -0.2) is 11.7 Å². The van der Waals surface area contributed by atoms with Gasteiger partial charge in [0.2, 0.25) is 0 Å². The third-order valence-electron chi connectivity index (χ3n) is 1.95. The SMILES string of the molecule is CC=C(Cl)C=C(C)NC(=O)C1=CSCC1. The molecule has 0 aliphatic carbocycles. The Morgan fingerprint density at radius 3 is 2.93 bits per heavy atom. The standard InChI is InChI=1S/C11H14ClNOS/c1-3-10(12)6-8(2)13-11(14)9-4-5-15-7-9/h3,6-7H,4-5H2,1-2H3,(H,13,14). The highest BCUT2D eigenvalue weighted by Crippen LogP contribution is 2.21. The van der Waals surface area contributed by atoms with Gasteiger partial charge >= 0.3 is 0 Å². The molecule has 1 N–H and O–H groups in total. The summed E-state index contributed by atoms with van der Waals surface area (Å²) in [6, 6.07) is 0. The Hall–Kier alpha value is -0.670. The maximum Gasteiger partial charge on any atom is 0.251 e. The van der Waals surface area contributed by atoms with Gasteiger partial charge in [-0.2, -0.15) is 0 Å². The molecule has 0 aromatic heterocycles. The molecule has 0 radical (unpaired) electrons. The molecule has 1 aliphatic rings. The van der Waals surface area contributed by atoms with Gasteiger partial charge in [-0.3, -0.25) is 4.79 Å². The summed E-state index contributed by atoms with van der Waals surface area (Å²) in [5, 5.41) is 5.35. The van der Waals surface area contributed by atoms with E-state index in [1.165, 1.54) is 0 Å². The lowest BCUT2D eigenvalue weighted by Gasteiger charge is -2.05. The van der Waals surface area contributed by atoms with E-state index in [0.29, 0.717) is 5.03 Å². The van der Waals surface area contributed by atoms with Crippen molar-refractivity contribution in [3.05, 3.63) is 33.9 Å². The molecule has 82 valence electrons. The van der Waals surface area contributed by atoms with E-state index >= 15 is 0 Å². The molecular weight excluding hydrogens is 230 g/mol. The minimum Gasteiger partial charge on any atom is -0.326 e. The Kier molecular flexibility index (Phi) is 4.99. The Balaban J connectivity index is 2.54. The number of nitrogens with one attached hydrogen (secondary N) is 1. The number of amides is 1. The molecule has 4 heteroatoms. The van der Waals surface area contributed by atoms with Gasteiger partial charge in [0.15, 0.2) is 0 Å². The van der Waals surface area contributed by atoms with Gasteiger partial charge in [-0.1, -0.05) is 17.7 Å². The molecule has 1 aliphatic heterocycles. The normalized spacial score (nSPS) is 17.7. The average Bonchev–Trinajstić information content (AvgIpc) is 2.70. The van der Waals surface area contributed by atoms with E-state index in [0.717, 1.165) is 23.4 Å². The van der Waals surface area contributed by atoms with Crippen molar-refractivity contribution in [1.82, 2.24) is 5.32 Å². The summed E-state index contributed by atoms with van der Waals surface area (Å²) in [6.45, 7) is 3.68. The predicted molar refractivity (Wildman–Crippen MR) is 66.7 cm³/mol. The first-order valence-corrected chi connectivity index (χ1v) is 6.18. The Labute approximate surface area is 99.5 Å². The van der Waals surface area contributed by atoms with Crippen LogP contribution < -0.4 is 5.32 Å². The van der Waals surface area contributed by atoms with Crippen molar-refractivity contribution in [1.29, 1.82) is 0 Å². The number of hydrogen-bond acceptors (Lipinski definition) is 2. The molecule has 2 nitrogen and oxygen atoms in total. The number of halogens is 1. The van der Waals surface area contributed by atoms with Crippen LogP contribution in [0.3, 0.4) is 0 Å². The summed E-state index contributed by atoms with van der Waals surface area (Å²) in [4.78, 5) is 11.6.